The predicted octanol–water partition coefficient (Wildman–Crippen LogP) is 2.31. The Balaban J connectivity index is 1.49. The van der Waals surface area contributed by atoms with Crippen LogP contribution < -0.4 is 10.2 Å². The van der Waals surface area contributed by atoms with Crippen molar-refractivity contribution in [1.29, 1.82) is 0 Å². The monoisotopic (exact) mass is 287 g/mol. The third kappa shape index (κ3) is 3.15. The first-order valence-electron chi connectivity index (χ1n) is 7.25. The van der Waals surface area contributed by atoms with Crippen LogP contribution in [-0.4, -0.2) is 34.8 Å². The molecule has 0 radical (unpaired) electrons. The Morgan fingerprint density at radius 3 is 2.67 bits per heavy atom. The Labute approximate surface area is 124 Å². The third-order valence-corrected chi connectivity index (χ3v) is 3.67. The van der Waals surface area contributed by atoms with E-state index < -0.39 is 0 Å². The predicted molar refractivity (Wildman–Crippen MR) is 81.4 cm³/mol. The Bertz CT molecular complexity index is 567. The summed E-state index contributed by atoms with van der Waals surface area (Å²) < 4.78 is 5.15. The first kappa shape index (κ1) is 13.9. The van der Waals surface area contributed by atoms with Crippen molar-refractivity contribution in [1.82, 2.24) is 15.2 Å². The molecule has 6 nitrogen and oxygen atoms in total. The largest absolute Gasteiger partial charge is 0.432 e. The zero-order chi connectivity index (χ0) is 14.9. The van der Waals surface area contributed by atoms with Crippen molar-refractivity contribution in [3.8, 4) is 0 Å². The summed E-state index contributed by atoms with van der Waals surface area (Å²) in [6, 6.07) is 4.72. The highest BCUT2D eigenvalue weighted by molar-refractivity contribution is 5.41. The van der Waals surface area contributed by atoms with Gasteiger partial charge in [0.25, 0.3) is 6.01 Å². The SMILES string of the molecule is CC(C)(C)c1ccc(N2CC(CNc3ncco3)C2)nn1. The maximum absolute atomic E-state index is 5.15. The molecule has 0 aromatic carbocycles. The van der Waals surface area contributed by atoms with Crippen molar-refractivity contribution < 1.29 is 4.42 Å². The van der Waals surface area contributed by atoms with E-state index in [1.54, 1.807) is 12.5 Å². The van der Waals surface area contributed by atoms with Crippen molar-refractivity contribution in [2.75, 3.05) is 29.9 Å². The molecule has 2 aromatic heterocycles. The first-order chi connectivity index (χ1) is 10.0. The molecule has 0 aliphatic carbocycles. The molecule has 1 saturated heterocycles. The zero-order valence-corrected chi connectivity index (χ0v) is 12.7. The van der Waals surface area contributed by atoms with Crippen LogP contribution in [0.1, 0.15) is 26.5 Å². The number of aromatic nitrogens is 3. The Morgan fingerprint density at radius 2 is 2.10 bits per heavy atom. The minimum Gasteiger partial charge on any atom is -0.432 e. The van der Waals surface area contributed by atoms with Crippen LogP contribution in [0.15, 0.2) is 29.0 Å². The number of nitrogens with zero attached hydrogens (tertiary/aromatic N) is 4. The highest BCUT2D eigenvalue weighted by atomic mass is 16.4. The highest BCUT2D eigenvalue weighted by Crippen LogP contribution is 2.25. The van der Waals surface area contributed by atoms with Crippen LogP contribution >= 0.6 is 0 Å². The Hall–Kier alpha value is -2.11. The van der Waals surface area contributed by atoms with Gasteiger partial charge in [-0.25, -0.2) is 4.98 Å². The quantitative estimate of drug-likeness (QED) is 0.930. The molecule has 1 aliphatic heterocycles. The van der Waals surface area contributed by atoms with E-state index in [1.165, 1.54) is 0 Å². The van der Waals surface area contributed by atoms with Gasteiger partial charge < -0.3 is 14.6 Å². The highest BCUT2D eigenvalue weighted by Gasteiger charge is 2.28. The van der Waals surface area contributed by atoms with Gasteiger partial charge in [-0.15, -0.1) is 5.10 Å². The molecule has 1 aliphatic rings. The minimum atomic E-state index is 0.0446. The lowest BCUT2D eigenvalue weighted by molar-refractivity contribution is 0.419. The summed E-state index contributed by atoms with van der Waals surface area (Å²) in [5.41, 5.74) is 1.07. The molecule has 0 unspecified atom stereocenters. The summed E-state index contributed by atoms with van der Waals surface area (Å²) >= 11 is 0. The van der Waals surface area contributed by atoms with E-state index in [-0.39, 0.29) is 5.41 Å². The lowest BCUT2D eigenvalue weighted by atomic mass is 9.92. The molecule has 21 heavy (non-hydrogen) atoms. The third-order valence-electron chi connectivity index (χ3n) is 3.67. The van der Waals surface area contributed by atoms with Crippen molar-refractivity contribution in [3.63, 3.8) is 0 Å². The summed E-state index contributed by atoms with van der Waals surface area (Å²) in [6.07, 6.45) is 3.21. The molecular formula is C15H21N5O. The number of nitrogens with one attached hydrogen (secondary N) is 1. The molecule has 0 amide bonds. The Kier molecular flexibility index (Phi) is 3.53. The van der Waals surface area contributed by atoms with Crippen LogP contribution in [0.2, 0.25) is 0 Å². The molecule has 2 aromatic rings. The maximum Gasteiger partial charge on any atom is 0.294 e. The molecule has 1 fully saturated rings. The van der Waals surface area contributed by atoms with Gasteiger partial charge in [0.2, 0.25) is 0 Å². The smallest absolute Gasteiger partial charge is 0.294 e. The lowest BCUT2D eigenvalue weighted by Gasteiger charge is -2.39. The first-order valence-corrected chi connectivity index (χ1v) is 7.25. The number of rotatable bonds is 4. The topological polar surface area (TPSA) is 67.1 Å². The van der Waals surface area contributed by atoms with Crippen molar-refractivity contribution in [2.45, 2.75) is 26.2 Å². The van der Waals surface area contributed by atoms with E-state index in [0.29, 0.717) is 11.9 Å². The van der Waals surface area contributed by atoms with Crippen molar-refractivity contribution >= 4 is 11.8 Å². The number of hydrogen-bond acceptors (Lipinski definition) is 6. The van der Waals surface area contributed by atoms with E-state index >= 15 is 0 Å². The number of oxazole rings is 1. The fraction of sp³-hybridized carbons (Fsp3) is 0.533. The molecule has 112 valence electrons. The minimum absolute atomic E-state index is 0.0446. The molecule has 3 rings (SSSR count). The second-order valence-corrected chi connectivity index (χ2v) is 6.52. The van der Waals surface area contributed by atoms with Gasteiger partial charge in [-0.3, -0.25) is 0 Å². The van der Waals surface area contributed by atoms with Crippen molar-refractivity contribution in [2.24, 2.45) is 5.92 Å². The maximum atomic E-state index is 5.15. The van der Waals surface area contributed by atoms with Gasteiger partial charge in [0.15, 0.2) is 5.82 Å². The number of hydrogen-bond donors (Lipinski definition) is 1. The van der Waals surface area contributed by atoms with E-state index in [9.17, 15) is 0 Å². The molecule has 0 bridgehead atoms. The standard InChI is InChI=1S/C15H21N5O/c1-15(2,3)12-4-5-13(19-18-12)20-9-11(10-20)8-17-14-16-6-7-21-14/h4-7,11H,8-10H2,1-3H3,(H,16,17). The summed E-state index contributed by atoms with van der Waals surface area (Å²) in [4.78, 5) is 6.28. The van der Waals surface area contributed by atoms with E-state index in [2.05, 4.69) is 58.3 Å². The molecule has 0 saturated carbocycles. The molecule has 1 N–H and O–H groups in total. The van der Waals surface area contributed by atoms with E-state index in [4.69, 9.17) is 4.42 Å². The summed E-state index contributed by atoms with van der Waals surface area (Å²) in [5, 5.41) is 11.9. The van der Waals surface area contributed by atoms with Crippen LogP contribution in [0.25, 0.3) is 0 Å². The summed E-state index contributed by atoms with van der Waals surface area (Å²) in [6.45, 7) is 9.26. The van der Waals surface area contributed by atoms with Crippen molar-refractivity contribution in [3.05, 3.63) is 30.3 Å². The van der Waals surface area contributed by atoms with Crippen LogP contribution in [0, 0.1) is 5.92 Å². The van der Waals surface area contributed by atoms with Gasteiger partial charge in [0.05, 0.1) is 11.9 Å². The summed E-state index contributed by atoms with van der Waals surface area (Å²) in [7, 11) is 0. The normalized spacial score (nSPS) is 15.9. The van der Waals surface area contributed by atoms with Gasteiger partial charge in [0, 0.05) is 31.0 Å². The molecule has 0 spiro atoms. The van der Waals surface area contributed by atoms with Gasteiger partial charge >= 0.3 is 0 Å². The zero-order valence-electron chi connectivity index (χ0n) is 12.7. The molecular weight excluding hydrogens is 266 g/mol. The second-order valence-electron chi connectivity index (χ2n) is 6.52. The van der Waals surface area contributed by atoms with Crippen LogP contribution in [-0.2, 0) is 5.41 Å². The van der Waals surface area contributed by atoms with Crippen LogP contribution in [0.5, 0.6) is 0 Å². The van der Waals surface area contributed by atoms with Gasteiger partial charge in [0.1, 0.15) is 6.26 Å². The molecule has 0 atom stereocenters. The molecule has 3 heterocycles. The van der Waals surface area contributed by atoms with E-state index in [1.807, 2.05) is 0 Å². The second kappa shape index (κ2) is 5.35. The average Bonchev–Trinajstić information content (AvgIpc) is 2.89. The van der Waals surface area contributed by atoms with Gasteiger partial charge in [-0.1, -0.05) is 20.8 Å². The molecule has 6 heteroatoms. The number of anilines is 2. The van der Waals surface area contributed by atoms with Crippen LogP contribution in [0.4, 0.5) is 11.8 Å². The van der Waals surface area contributed by atoms with Gasteiger partial charge in [-0.05, 0) is 12.1 Å². The van der Waals surface area contributed by atoms with Crippen LogP contribution in [0.3, 0.4) is 0 Å². The van der Waals surface area contributed by atoms with Gasteiger partial charge in [-0.2, -0.15) is 5.10 Å². The van der Waals surface area contributed by atoms with E-state index in [0.717, 1.165) is 31.1 Å². The summed E-state index contributed by atoms with van der Waals surface area (Å²) in [5.74, 6) is 1.54. The fourth-order valence-electron chi connectivity index (χ4n) is 2.32. The lowest BCUT2D eigenvalue weighted by Crippen LogP contribution is -2.50. The fourth-order valence-corrected chi connectivity index (χ4v) is 2.32. The Morgan fingerprint density at radius 1 is 1.29 bits per heavy atom. The average molecular weight is 287 g/mol.